The minimum absolute atomic E-state index is 1.03. The summed E-state index contributed by atoms with van der Waals surface area (Å²) < 4.78 is 5.38. The van der Waals surface area contributed by atoms with Crippen molar-refractivity contribution in [2.24, 2.45) is 0 Å². The van der Waals surface area contributed by atoms with Gasteiger partial charge in [-0.2, -0.15) is 0 Å². The predicted octanol–water partition coefficient (Wildman–Crippen LogP) is 3.33. The van der Waals surface area contributed by atoms with E-state index in [1.54, 1.807) is 7.11 Å². The van der Waals surface area contributed by atoms with Gasteiger partial charge in [0, 0.05) is 0 Å². The van der Waals surface area contributed by atoms with Crippen molar-refractivity contribution in [3.05, 3.63) is 29.3 Å². The second kappa shape index (κ2) is 8.13. The SMILES string of the molecule is CCNCCCCCc1cc(C)ccc1OC. The molecule has 0 aliphatic rings. The monoisotopic (exact) mass is 235 g/mol. The first-order valence-corrected chi connectivity index (χ1v) is 6.62. The van der Waals surface area contributed by atoms with Crippen LogP contribution < -0.4 is 10.1 Å². The molecule has 17 heavy (non-hydrogen) atoms. The molecule has 0 bridgehead atoms. The van der Waals surface area contributed by atoms with Crippen LogP contribution in [0.1, 0.15) is 37.3 Å². The molecule has 0 fully saturated rings. The van der Waals surface area contributed by atoms with Crippen LogP contribution >= 0.6 is 0 Å². The molecular weight excluding hydrogens is 210 g/mol. The van der Waals surface area contributed by atoms with Gasteiger partial charge >= 0.3 is 0 Å². The van der Waals surface area contributed by atoms with Gasteiger partial charge in [-0.1, -0.05) is 31.0 Å². The molecule has 0 unspecified atom stereocenters. The molecule has 0 radical (unpaired) electrons. The van der Waals surface area contributed by atoms with Gasteiger partial charge in [0.25, 0.3) is 0 Å². The van der Waals surface area contributed by atoms with Crippen molar-refractivity contribution in [2.75, 3.05) is 20.2 Å². The lowest BCUT2D eigenvalue weighted by Gasteiger charge is -2.09. The number of nitrogens with one attached hydrogen (secondary N) is 1. The number of ether oxygens (including phenoxy) is 1. The summed E-state index contributed by atoms with van der Waals surface area (Å²) in [6, 6.07) is 6.42. The Bertz CT molecular complexity index is 323. The Hall–Kier alpha value is -1.02. The lowest BCUT2D eigenvalue weighted by molar-refractivity contribution is 0.408. The van der Waals surface area contributed by atoms with Crippen molar-refractivity contribution in [1.82, 2.24) is 5.32 Å². The van der Waals surface area contributed by atoms with Crippen LogP contribution in [0.15, 0.2) is 18.2 Å². The average Bonchev–Trinajstić information content (AvgIpc) is 2.34. The molecule has 0 amide bonds. The first kappa shape index (κ1) is 14.0. The van der Waals surface area contributed by atoms with E-state index >= 15 is 0 Å². The quantitative estimate of drug-likeness (QED) is 0.698. The van der Waals surface area contributed by atoms with Crippen molar-refractivity contribution >= 4 is 0 Å². The van der Waals surface area contributed by atoms with Crippen molar-refractivity contribution in [3.63, 3.8) is 0 Å². The molecule has 0 saturated carbocycles. The van der Waals surface area contributed by atoms with E-state index < -0.39 is 0 Å². The van der Waals surface area contributed by atoms with Gasteiger partial charge in [-0.25, -0.2) is 0 Å². The Morgan fingerprint density at radius 1 is 1.18 bits per heavy atom. The maximum atomic E-state index is 5.38. The van der Waals surface area contributed by atoms with Crippen LogP contribution in [0.4, 0.5) is 0 Å². The van der Waals surface area contributed by atoms with E-state index in [-0.39, 0.29) is 0 Å². The highest BCUT2D eigenvalue weighted by atomic mass is 16.5. The first-order valence-electron chi connectivity index (χ1n) is 6.62. The third-order valence-electron chi connectivity index (χ3n) is 2.99. The minimum Gasteiger partial charge on any atom is -0.496 e. The molecule has 0 aliphatic heterocycles. The Labute approximate surface area is 105 Å². The van der Waals surface area contributed by atoms with Gasteiger partial charge in [-0.15, -0.1) is 0 Å². The van der Waals surface area contributed by atoms with Crippen LogP contribution in [0.25, 0.3) is 0 Å². The van der Waals surface area contributed by atoms with Gasteiger partial charge in [-0.05, 0) is 50.9 Å². The number of rotatable bonds is 8. The van der Waals surface area contributed by atoms with E-state index in [2.05, 4.69) is 37.4 Å². The zero-order valence-corrected chi connectivity index (χ0v) is 11.4. The van der Waals surface area contributed by atoms with E-state index in [0.29, 0.717) is 0 Å². The van der Waals surface area contributed by atoms with Gasteiger partial charge < -0.3 is 10.1 Å². The van der Waals surface area contributed by atoms with Crippen LogP contribution in [-0.4, -0.2) is 20.2 Å². The molecule has 0 heterocycles. The van der Waals surface area contributed by atoms with Gasteiger partial charge in [0.05, 0.1) is 7.11 Å². The smallest absolute Gasteiger partial charge is 0.122 e. The van der Waals surface area contributed by atoms with E-state index in [1.807, 2.05) is 0 Å². The second-order valence-corrected chi connectivity index (χ2v) is 4.48. The van der Waals surface area contributed by atoms with Crippen LogP contribution in [0.3, 0.4) is 0 Å². The van der Waals surface area contributed by atoms with Crippen LogP contribution in [0.5, 0.6) is 5.75 Å². The highest BCUT2D eigenvalue weighted by Gasteiger charge is 2.02. The van der Waals surface area contributed by atoms with Crippen LogP contribution in [0, 0.1) is 6.92 Å². The summed E-state index contributed by atoms with van der Waals surface area (Å²) in [6.45, 7) is 6.50. The minimum atomic E-state index is 1.03. The van der Waals surface area contributed by atoms with Crippen molar-refractivity contribution in [1.29, 1.82) is 0 Å². The zero-order valence-electron chi connectivity index (χ0n) is 11.4. The van der Waals surface area contributed by atoms with Gasteiger partial charge in [-0.3, -0.25) is 0 Å². The summed E-state index contributed by atoms with van der Waals surface area (Å²) in [5, 5.41) is 3.35. The fourth-order valence-corrected chi connectivity index (χ4v) is 2.02. The summed E-state index contributed by atoms with van der Waals surface area (Å²) in [6.07, 6.45) is 4.91. The molecule has 1 aromatic carbocycles. The van der Waals surface area contributed by atoms with Crippen LogP contribution in [-0.2, 0) is 6.42 Å². The third-order valence-corrected chi connectivity index (χ3v) is 2.99. The van der Waals surface area contributed by atoms with Gasteiger partial charge in [0.15, 0.2) is 0 Å². The zero-order chi connectivity index (χ0) is 12.5. The number of unbranched alkanes of at least 4 members (excludes halogenated alkanes) is 2. The van der Waals surface area contributed by atoms with Crippen molar-refractivity contribution in [3.8, 4) is 5.75 Å². The standard InChI is InChI=1S/C15H25NO/c1-4-16-11-7-5-6-8-14-12-13(2)9-10-15(14)17-3/h9-10,12,16H,4-8,11H2,1-3H3. The van der Waals surface area contributed by atoms with E-state index in [4.69, 9.17) is 4.74 Å². The lowest BCUT2D eigenvalue weighted by Crippen LogP contribution is -2.13. The number of aryl methyl sites for hydroxylation is 2. The second-order valence-electron chi connectivity index (χ2n) is 4.48. The molecule has 0 atom stereocenters. The Morgan fingerprint density at radius 2 is 2.00 bits per heavy atom. The molecule has 2 heteroatoms. The predicted molar refractivity (Wildman–Crippen MR) is 73.8 cm³/mol. The Morgan fingerprint density at radius 3 is 2.71 bits per heavy atom. The number of benzene rings is 1. The number of hydrogen-bond donors (Lipinski definition) is 1. The fraction of sp³-hybridized carbons (Fsp3) is 0.600. The number of methoxy groups -OCH3 is 1. The van der Waals surface area contributed by atoms with E-state index in [1.165, 1.54) is 30.4 Å². The molecule has 2 nitrogen and oxygen atoms in total. The molecule has 0 spiro atoms. The first-order chi connectivity index (χ1) is 8.27. The molecule has 0 saturated heterocycles. The average molecular weight is 235 g/mol. The van der Waals surface area contributed by atoms with E-state index in [0.717, 1.165) is 25.3 Å². The molecule has 1 rings (SSSR count). The molecule has 1 aromatic rings. The molecule has 0 aliphatic carbocycles. The summed E-state index contributed by atoms with van der Waals surface area (Å²) in [4.78, 5) is 0. The highest BCUT2D eigenvalue weighted by Crippen LogP contribution is 2.21. The van der Waals surface area contributed by atoms with Gasteiger partial charge in [0.2, 0.25) is 0 Å². The molecule has 96 valence electrons. The summed E-state index contributed by atoms with van der Waals surface area (Å²) in [5.74, 6) is 1.03. The van der Waals surface area contributed by atoms with E-state index in [9.17, 15) is 0 Å². The molecular formula is C15H25NO. The van der Waals surface area contributed by atoms with Crippen molar-refractivity contribution < 1.29 is 4.74 Å². The molecule has 0 aromatic heterocycles. The van der Waals surface area contributed by atoms with Crippen molar-refractivity contribution in [2.45, 2.75) is 39.5 Å². The third kappa shape index (κ3) is 5.22. The Kier molecular flexibility index (Phi) is 6.71. The maximum absolute atomic E-state index is 5.38. The summed E-state index contributed by atoms with van der Waals surface area (Å²) in [5.41, 5.74) is 2.66. The van der Waals surface area contributed by atoms with Gasteiger partial charge in [0.1, 0.15) is 5.75 Å². The topological polar surface area (TPSA) is 21.3 Å². The molecule has 1 N–H and O–H groups in total. The number of hydrogen-bond acceptors (Lipinski definition) is 2. The maximum Gasteiger partial charge on any atom is 0.122 e. The van der Waals surface area contributed by atoms with Crippen LogP contribution in [0.2, 0.25) is 0 Å². The Balaban J connectivity index is 2.32. The normalized spacial score (nSPS) is 10.5. The lowest BCUT2D eigenvalue weighted by atomic mass is 10.0. The summed E-state index contributed by atoms with van der Waals surface area (Å²) in [7, 11) is 1.75. The largest absolute Gasteiger partial charge is 0.496 e. The summed E-state index contributed by atoms with van der Waals surface area (Å²) >= 11 is 0. The fourth-order valence-electron chi connectivity index (χ4n) is 2.02. The highest BCUT2D eigenvalue weighted by molar-refractivity contribution is 5.36.